The molecule has 1 fully saturated rings. The second kappa shape index (κ2) is 5.34. The lowest BCUT2D eigenvalue weighted by atomic mass is 9.49. The number of aromatic hydroxyl groups is 1. The molecule has 4 atom stereocenters. The number of fused-ring (bicyclic) bond motifs is 3. The van der Waals surface area contributed by atoms with Gasteiger partial charge in [-0.25, -0.2) is 0 Å². The Labute approximate surface area is 138 Å². The van der Waals surface area contributed by atoms with E-state index in [2.05, 4.69) is 26.8 Å². The number of carbonyl (C=O) groups excluding carboxylic acids is 1. The summed E-state index contributed by atoms with van der Waals surface area (Å²) >= 11 is 0. The molecule has 0 radical (unpaired) electrons. The normalized spacial score (nSPS) is 36.4. The van der Waals surface area contributed by atoms with E-state index in [0.29, 0.717) is 18.1 Å². The number of rotatable bonds is 2. The van der Waals surface area contributed by atoms with Crippen LogP contribution in [0.1, 0.15) is 69.6 Å². The van der Waals surface area contributed by atoms with Gasteiger partial charge in [0, 0.05) is 0 Å². The fourth-order valence-electron chi connectivity index (χ4n) is 5.11. The van der Waals surface area contributed by atoms with Gasteiger partial charge in [-0.1, -0.05) is 33.8 Å². The lowest BCUT2D eigenvalue weighted by Crippen LogP contribution is -2.56. The van der Waals surface area contributed by atoms with Crippen LogP contribution in [0.15, 0.2) is 12.1 Å². The molecule has 0 spiro atoms. The molecule has 1 saturated carbocycles. The number of hydrogen-bond acceptors (Lipinski definition) is 3. The molecule has 126 valence electrons. The molecule has 0 aromatic heterocycles. The number of carbonyl (C=O) groups is 1. The number of aldehydes is 1. The standard InChI is InChI=1S/C20H28O3/c1-12(2)14-9-13-5-6-17-19(3,15(13)10-16(14)22)8-7-18(23)20(17,4)11-21/h9-12,17-18,22-23H,5-8H2,1-4H3/t17-,18+,19-,20-/m1/s1. The van der Waals surface area contributed by atoms with Gasteiger partial charge < -0.3 is 15.0 Å². The van der Waals surface area contributed by atoms with Crippen LogP contribution >= 0.6 is 0 Å². The van der Waals surface area contributed by atoms with Gasteiger partial charge in [0.25, 0.3) is 0 Å². The molecule has 1 aromatic carbocycles. The van der Waals surface area contributed by atoms with Crippen molar-refractivity contribution in [1.29, 1.82) is 0 Å². The molecular weight excluding hydrogens is 288 g/mol. The SMILES string of the molecule is CC(C)c1cc2c(cc1O)[C@@]1(C)CC[C@H](O)[C@](C)(C=O)[C@@H]1CC2. The van der Waals surface area contributed by atoms with Crippen LogP contribution in [0, 0.1) is 11.3 Å². The minimum absolute atomic E-state index is 0.119. The molecule has 2 aliphatic rings. The van der Waals surface area contributed by atoms with E-state index >= 15 is 0 Å². The molecule has 0 heterocycles. The molecule has 2 aliphatic carbocycles. The van der Waals surface area contributed by atoms with Gasteiger partial charge in [0.2, 0.25) is 0 Å². The van der Waals surface area contributed by atoms with Crippen LogP contribution in [-0.4, -0.2) is 22.6 Å². The number of aliphatic hydroxyl groups is 1. The van der Waals surface area contributed by atoms with Crippen LogP contribution in [0.5, 0.6) is 5.75 Å². The first-order valence-electron chi connectivity index (χ1n) is 8.74. The Kier molecular flexibility index (Phi) is 3.83. The third kappa shape index (κ3) is 2.24. The maximum atomic E-state index is 11.8. The van der Waals surface area contributed by atoms with Gasteiger partial charge in [-0.2, -0.15) is 0 Å². The third-order valence-electron chi connectivity index (χ3n) is 6.62. The molecule has 3 nitrogen and oxygen atoms in total. The van der Waals surface area contributed by atoms with Crippen LogP contribution in [0.3, 0.4) is 0 Å². The van der Waals surface area contributed by atoms with Crippen LogP contribution in [0.4, 0.5) is 0 Å². The van der Waals surface area contributed by atoms with Crippen LogP contribution in [-0.2, 0) is 16.6 Å². The Morgan fingerprint density at radius 2 is 1.96 bits per heavy atom. The van der Waals surface area contributed by atoms with E-state index in [1.807, 2.05) is 13.0 Å². The quantitative estimate of drug-likeness (QED) is 0.818. The molecule has 23 heavy (non-hydrogen) atoms. The fourth-order valence-corrected chi connectivity index (χ4v) is 5.11. The van der Waals surface area contributed by atoms with Crippen LogP contribution in [0.2, 0.25) is 0 Å². The van der Waals surface area contributed by atoms with E-state index < -0.39 is 11.5 Å². The first-order valence-corrected chi connectivity index (χ1v) is 8.74. The topological polar surface area (TPSA) is 57.5 Å². The molecule has 0 aliphatic heterocycles. The van der Waals surface area contributed by atoms with Crippen molar-refractivity contribution in [2.24, 2.45) is 11.3 Å². The lowest BCUT2D eigenvalue weighted by Gasteiger charge is -2.55. The minimum atomic E-state index is -0.697. The number of aryl methyl sites for hydroxylation is 1. The second-order valence-electron chi connectivity index (χ2n) is 8.27. The number of aliphatic hydroxyl groups excluding tert-OH is 1. The van der Waals surface area contributed by atoms with Gasteiger partial charge in [0.15, 0.2) is 0 Å². The Hall–Kier alpha value is -1.35. The summed E-state index contributed by atoms with van der Waals surface area (Å²) in [6.07, 6.45) is 3.71. The Morgan fingerprint density at radius 1 is 1.26 bits per heavy atom. The molecular formula is C20H28O3. The van der Waals surface area contributed by atoms with E-state index in [-0.39, 0.29) is 11.3 Å². The summed E-state index contributed by atoms with van der Waals surface area (Å²) < 4.78 is 0. The first-order chi connectivity index (χ1) is 10.7. The summed E-state index contributed by atoms with van der Waals surface area (Å²) in [5.74, 6) is 0.770. The van der Waals surface area contributed by atoms with Gasteiger partial charge in [-0.15, -0.1) is 0 Å². The van der Waals surface area contributed by atoms with Crippen LogP contribution < -0.4 is 0 Å². The highest BCUT2D eigenvalue weighted by Crippen LogP contribution is 2.57. The average Bonchev–Trinajstić information content (AvgIpc) is 2.51. The predicted octanol–water partition coefficient (Wildman–Crippen LogP) is 3.70. The Bertz CT molecular complexity index is 636. The van der Waals surface area contributed by atoms with Crippen molar-refractivity contribution >= 4 is 6.29 Å². The molecule has 1 aromatic rings. The Balaban J connectivity index is 2.13. The molecule has 2 N–H and O–H groups in total. The molecule has 0 bridgehead atoms. The van der Waals surface area contributed by atoms with E-state index in [0.717, 1.165) is 31.1 Å². The zero-order valence-corrected chi connectivity index (χ0v) is 14.6. The number of hydrogen-bond donors (Lipinski definition) is 2. The van der Waals surface area contributed by atoms with Crippen LogP contribution in [0.25, 0.3) is 0 Å². The van der Waals surface area contributed by atoms with Gasteiger partial charge in [-0.3, -0.25) is 0 Å². The summed E-state index contributed by atoms with van der Waals surface area (Å²) in [5.41, 5.74) is 2.62. The molecule has 0 saturated heterocycles. The van der Waals surface area contributed by atoms with Gasteiger partial charge >= 0.3 is 0 Å². The smallest absolute Gasteiger partial charge is 0.128 e. The summed E-state index contributed by atoms with van der Waals surface area (Å²) in [5, 5.41) is 20.9. The maximum absolute atomic E-state index is 11.8. The van der Waals surface area contributed by atoms with Gasteiger partial charge in [-0.05, 0) is 65.7 Å². The maximum Gasteiger partial charge on any atom is 0.128 e. The number of phenolic OH excluding ortho intramolecular Hbond substituents is 1. The molecule has 3 rings (SSSR count). The summed E-state index contributed by atoms with van der Waals surface area (Å²) in [6.45, 7) is 8.29. The van der Waals surface area contributed by atoms with E-state index in [9.17, 15) is 15.0 Å². The second-order valence-corrected chi connectivity index (χ2v) is 8.27. The van der Waals surface area contributed by atoms with Crippen molar-refractivity contribution in [2.45, 2.75) is 70.8 Å². The van der Waals surface area contributed by atoms with Gasteiger partial charge in [0.1, 0.15) is 12.0 Å². The summed E-state index contributed by atoms with van der Waals surface area (Å²) in [7, 11) is 0. The zero-order valence-electron chi connectivity index (χ0n) is 14.6. The Morgan fingerprint density at radius 3 is 2.57 bits per heavy atom. The zero-order chi connectivity index (χ0) is 17.0. The predicted molar refractivity (Wildman–Crippen MR) is 90.8 cm³/mol. The van der Waals surface area contributed by atoms with Crippen molar-refractivity contribution in [3.05, 3.63) is 28.8 Å². The molecule has 0 amide bonds. The fraction of sp³-hybridized carbons (Fsp3) is 0.650. The van der Waals surface area contributed by atoms with Crippen molar-refractivity contribution in [2.75, 3.05) is 0 Å². The van der Waals surface area contributed by atoms with Gasteiger partial charge in [0.05, 0.1) is 11.5 Å². The molecule has 3 heteroatoms. The van der Waals surface area contributed by atoms with Crippen molar-refractivity contribution in [1.82, 2.24) is 0 Å². The molecule has 0 unspecified atom stereocenters. The first kappa shape index (κ1) is 16.5. The van der Waals surface area contributed by atoms with Crippen molar-refractivity contribution in [3.63, 3.8) is 0 Å². The highest BCUT2D eigenvalue weighted by molar-refractivity contribution is 5.63. The van der Waals surface area contributed by atoms with Crippen molar-refractivity contribution < 1.29 is 15.0 Å². The van der Waals surface area contributed by atoms with E-state index in [1.165, 1.54) is 11.1 Å². The van der Waals surface area contributed by atoms with Crippen molar-refractivity contribution in [3.8, 4) is 5.75 Å². The monoisotopic (exact) mass is 316 g/mol. The highest BCUT2D eigenvalue weighted by Gasteiger charge is 2.55. The summed E-state index contributed by atoms with van der Waals surface area (Å²) in [4.78, 5) is 11.8. The van der Waals surface area contributed by atoms with E-state index in [4.69, 9.17) is 0 Å². The third-order valence-corrected chi connectivity index (χ3v) is 6.62. The number of benzene rings is 1. The average molecular weight is 316 g/mol. The number of phenols is 1. The summed E-state index contributed by atoms with van der Waals surface area (Å²) in [6, 6.07) is 4.08. The highest BCUT2D eigenvalue weighted by atomic mass is 16.3. The minimum Gasteiger partial charge on any atom is -0.508 e. The largest absolute Gasteiger partial charge is 0.508 e. The lowest BCUT2D eigenvalue weighted by molar-refractivity contribution is -0.137. The van der Waals surface area contributed by atoms with E-state index in [1.54, 1.807) is 0 Å².